The molecule has 3 rings (SSSR count). The maximum atomic E-state index is 12.5. The fraction of sp³-hybridized carbons (Fsp3) is 0.800. The van der Waals surface area contributed by atoms with Crippen LogP contribution in [0.1, 0.15) is 46.5 Å². The Kier molecular flexibility index (Phi) is 2.24. The molecule has 3 aliphatic rings. The molecule has 0 saturated heterocycles. The highest BCUT2D eigenvalue weighted by molar-refractivity contribution is 6.01. The minimum atomic E-state index is -0.859. The number of aliphatic hydroxyl groups excluding tert-OH is 1. The highest BCUT2D eigenvalue weighted by Gasteiger charge is 2.67. The molecule has 0 aliphatic heterocycles. The van der Waals surface area contributed by atoms with Crippen LogP contribution in [-0.4, -0.2) is 28.2 Å². The molecule has 0 heterocycles. The zero-order valence-electron chi connectivity index (χ0n) is 11.4. The van der Waals surface area contributed by atoms with Crippen LogP contribution < -0.4 is 0 Å². The first-order chi connectivity index (χ1) is 8.27. The summed E-state index contributed by atoms with van der Waals surface area (Å²) >= 11 is 0. The fourth-order valence-corrected chi connectivity index (χ4v) is 4.23. The molecule has 2 N–H and O–H groups in total. The van der Waals surface area contributed by atoms with Crippen LogP contribution in [0.2, 0.25) is 0 Å². The minimum absolute atomic E-state index is 0.0741. The van der Waals surface area contributed by atoms with Crippen molar-refractivity contribution in [3.05, 3.63) is 11.1 Å². The van der Waals surface area contributed by atoms with Crippen LogP contribution in [0.5, 0.6) is 0 Å². The van der Waals surface area contributed by atoms with Crippen molar-refractivity contribution in [3.63, 3.8) is 0 Å². The van der Waals surface area contributed by atoms with Crippen LogP contribution in [0.4, 0.5) is 0 Å². The highest BCUT2D eigenvalue weighted by Crippen LogP contribution is 2.67. The molecule has 0 aromatic rings. The first kappa shape index (κ1) is 12.4. The SMILES string of the molecule is C[C@@H]1C(=O)C2=C(C[C@@](C)(CO)C2)[C@@](C)(O)C12CC2. The van der Waals surface area contributed by atoms with Gasteiger partial charge in [0.2, 0.25) is 0 Å². The van der Waals surface area contributed by atoms with Gasteiger partial charge >= 0.3 is 0 Å². The molecule has 1 spiro atoms. The van der Waals surface area contributed by atoms with Gasteiger partial charge in [-0.15, -0.1) is 0 Å². The molecule has 100 valence electrons. The van der Waals surface area contributed by atoms with Crippen LogP contribution in [0.15, 0.2) is 11.1 Å². The van der Waals surface area contributed by atoms with E-state index in [9.17, 15) is 15.0 Å². The maximum Gasteiger partial charge on any atom is 0.162 e. The van der Waals surface area contributed by atoms with E-state index in [0.717, 1.165) is 24.0 Å². The number of hydrogen-bond acceptors (Lipinski definition) is 3. The summed E-state index contributed by atoms with van der Waals surface area (Å²) < 4.78 is 0. The summed E-state index contributed by atoms with van der Waals surface area (Å²) in [5, 5.41) is 20.5. The normalized spacial score (nSPS) is 45.6. The van der Waals surface area contributed by atoms with Crippen molar-refractivity contribution in [2.24, 2.45) is 16.7 Å². The van der Waals surface area contributed by atoms with Crippen molar-refractivity contribution < 1.29 is 15.0 Å². The summed E-state index contributed by atoms with van der Waals surface area (Å²) in [6.07, 6.45) is 3.17. The molecule has 3 heteroatoms. The number of hydrogen-bond donors (Lipinski definition) is 2. The number of carbonyl (C=O) groups is 1. The van der Waals surface area contributed by atoms with Crippen LogP contribution in [-0.2, 0) is 4.79 Å². The van der Waals surface area contributed by atoms with Gasteiger partial charge < -0.3 is 10.2 Å². The van der Waals surface area contributed by atoms with Crippen molar-refractivity contribution >= 4 is 5.78 Å². The zero-order chi connectivity index (χ0) is 13.3. The number of ketones is 1. The molecular formula is C15H22O3. The standard InChI is InChI=1S/C15H22O3/c1-9-12(17)10-6-13(2,8-16)7-11(10)14(3,18)15(9)4-5-15/h9,16,18H,4-8H2,1-3H3/t9-,13+,14-/m1/s1. The quantitative estimate of drug-likeness (QED) is 0.746. The van der Waals surface area contributed by atoms with Crippen LogP contribution >= 0.6 is 0 Å². The number of allylic oxidation sites excluding steroid dienone is 1. The lowest BCUT2D eigenvalue weighted by Gasteiger charge is -2.43. The lowest BCUT2D eigenvalue weighted by Crippen LogP contribution is -2.48. The highest BCUT2D eigenvalue weighted by atomic mass is 16.3. The van der Waals surface area contributed by atoms with Gasteiger partial charge in [-0.1, -0.05) is 13.8 Å². The third kappa shape index (κ3) is 1.24. The van der Waals surface area contributed by atoms with Gasteiger partial charge in [-0.2, -0.15) is 0 Å². The van der Waals surface area contributed by atoms with E-state index in [1.807, 2.05) is 20.8 Å². The smallest absolute Gasteiger partial charge is 0.162 e. The second-order valence-electron chi connectivity index (χ2n) is 7.09. The second-order valence-corrected chi connectivity index (χ2v) is 7.09. The summed E-state index contributed by atoms with van der Waals surface area (Å²) in [6.45, 7) is 5.91. The molecule has 0 aromatic heterocycles. The van der Waals surface area contributed by atoms with E-state index in [-0.39, 0.29) is 29.1 Å². The Labute approximate surface area is 108 Å². The minimum Gasteiger partial charge on any atom is -0.396 e. The molecule has 1 saturated carbocycles. The summed E-state index contributed by atoms with van der Waals surface area (Å²) in [4.78, 5) is 12.5. The van der Waals surface area contributed by atoms with Crippen molar-refractivity contribution in [1.29, 1.82) is 0 Å². The van der Waals surface area contributed by atoms with E-state index >= 15 is 0 Å². The zero-order valence-corrected chi connectivity index (χ0v) is 11.4. The topological polar surface area (TPSA) is 57.5 Å². The van der Waals surface area contributed by atoms with E-state index in [1.54, 1.807) is 0 Å². The van der Waals surface area contributed by atoms with Gasteiger partial charge in [-0.3, -0.25) is 4.79 Å². The predicted octanol–water partition coefficient (Wildman–Crippen LogP) is 1.83. The molecule has 18 heavy (non-hydrogen) atoms. The van der Waals surface area contributed by atoms with E-state index in [1.165, 1.54) is 0 Å². The maximum absolute atomic E-state index is 12.5. The summed E-state index contributed by atoms with van der Waals surface area (Å²) in [5.41, 5.74) is 0.387. The Hall–Kier alpha value is -0.670. The number of Topliss-reactive ketones (excluding diaryl/α,β-unsaturated/α-hetero) is 1. The molecule has 3 atom stereocenters. The van der Waals surface area contributed by atoms with Crippen LogP contribution in [0, 0.1) is 16.7 Å². The molecule has 1 fully saturated rings. The van der Waals surface area contributed by atoms with E-state index < -0.39 is 5.60 Å². The fourth-order valence-electron chi connectivity index (χ4n) is 4.23. The van der Waals surface area contributed by atoms with Crippen molar-refractivity contribution in [1.82, 2.24) is 0 Å². The number of carbonyl (C=O) groups excluding carboxylic acids is 1. The molecule has 3 aliphatic carbocycles. The summed E-state index contributed by atoms with van der Waals surface area (Å²) in [7, 11) is 0. The Morgan fingerprint density at radius 3 is 2.39 bits per heavy atom. The van der Waals surface area contributed by atoms with E-state index in [2.05, 4.69) is 0 Å². The lowest BCUT2D eigenvalue weighted by molar-refractivity contribution is -0.127. The number of aliphatic hydroxyl groups is 2. The first-order valence-electron chi connectivity index (χ1n) is 6.87. The van der Waals surface area contributed by atoms with E-state index in [4.69, 9.17) is 0 Å². The molecule has 0 radical (unpaired) electrons. The van der Waals surface area contributed by atoms with Gasteiger partial charge in [0.25, 0.3) is 0 Å². The van der Waals surface area contributed by atoms with Crippen molar-refractivity contribution in [2.45, 2.75) is 52.1 Å². The molecule has 0 aromatic carbocycles. The van der Waals surface area contributed by atoms with Crippen LogP contribution in [0.3, 0.4) is 0 Å². The molecule has 0 amide bonds. The second kappa shape index (κ2) is 3.26. The number of rotatable bonds is 1. The third-order valence-electron chi connectivity index (χ3n) is 5.82. The van der Waals surface area contributed by atoms with Gasteiger partial charge in [0, 0.05) is 17.9 Å². The molecular weight excluding hydrogens is 228 g/mol. The monoisotopic (exact) mass is 250 g/mol. The first-order valence-corrected chi connectivity index (χ1v) is 6.87. The predicted molar refractivity (Wildman–Crippen MR) is 67.9 cm³/mol. The summed E-state index contributed by atoms with van der Waals surface area (Å²) in [5.74, 6) is 0.137. The van der Waals surface area contributed by atoms with Crippen LogP contribution in [0.25, 0.3) is 0 Å². The lowest BCUT2D eigenvalue weighted by atomic mass is 9.64. The summed E-state index contributed by atoms with van der Waals surface area (Å²) in [6, 6.07) is 0. The largest absolute Gasteiger partial charge is 0.396 e. The van der Waals surface area contributed by atoms with Gasteiger partial charge in [-0.25, -0.2) is 0 Å². The Morgan fingerprint density at radius 1 is 1.28 bits per heavy atom. The Bertz CT molecular complexity index is 456. The Balaban J connectivity index is 2.09. The van der Waals surface area contributed by atoms with Gasteiger partial charge in [-0.05, 0) is 49.2 Å². The van der Waals surface area contributed by atoms with Gasteiger partial charge in [0.15, 0.2) is 5.78 Å². The molecule has 3 nitrogen and oxygen atoms in total. The molecule has 0 bridgehead atoms. The Morgan fingerprint density at radius 2 is 1.89 bits per heavy atom. The average molecular weight is 250 g/mol. The van der Waals surface area contributed by atoms with Gasteiger partial charge in [0.1, 0.15) is 0 Å². The van der Waals surface area contributed by atoms with E-state index in [0.29, 0.717) is 12.8 Å². The van der Waals surface area contributed by atoms with Gasteiger partial charge in [0.05, 0.1) is 5.60 Å². The molecule has 0 unspecified atom stereocenters. The van der Waals surface area contributed by atoms with Crippen molar-refractivity contribution in [2.75, 3.05) is 6.61 Å². The average Bonchev–Trinajstić information content (AvgIpc) is 3.05. The third-order valence-corrected chi connectivity index (χ3v) is 5.82. The van der Waals surface area contributed by atoms with Crippen molar-refractivity contribution in [3.8, 4) is 0 Å².